The lowest BCUT2D eigenvalue weighted by molar-refractivity contribution is -0.136. The van der Waals surface area contributed by atoms with Gasteiger partial charge in [-0.3, -0.25) is 14.4 Å². The molecule has 3 N–H and O–H groups in total. The van der Waals surface area contributed by atoms with Gasteiger partial charge in [-0.1, -0.05) is 40.9 Å². The molecule has 7 nitrogen and oxygen atoms in total. The summed E-state index contributed by atoms with van der Waals surface area (Å²) in [5.41, 5.74) is 4.43. The fraction of sp³-hybridized carbons (Fsp3) is 0.158. The third-order valence-electron chi connectivity index (χ3n) is 3.48. The number of amides is 3. The number of hydrogen-bond donors (Lipinski definition) is 3. The summed E-state index contributed by atoms with van der Waals surface area (Å²) in [4.78, 5) is 35.7. The predicted molar refractivity (Wildman–Crippen MR) is 111 cm³/mol. The number of rotatable bonds is 5. The Hall–Kier alpha value is -2.90. The second-order valence-electron chi connectivity index (χ2n) is 5.96. The quantitative estimate of drug-likeness (QED) is 0.389. The minimum absolute atomic E-state index is 0.0832. The molecule has 0 aliphatic rings. The topological polar surface area (TPSA) is 99.7 Å². The Kier molecular flexibility index (Phi) is 7.54. The fourth-order valence-electron chi connectivity index (χ4n) is 2.07. The van der Waals surface area contributed by atoms with Gasteiger partial charge in [-0.2, -0.15) is 5.10 Å². The Morgan fingerprint density at radius 2 is 1.54 bits per heavy atom. The normalized spacial score (nSPS) is 10.9. The van der Waals surface area contributed by atoms with E-state index in [1.807, 2.05) is 19.1 Å². The highest BCUT2D eigenvalue weighted by Gasteiger charge is 2.13. The van der Waals surface area contributed by atoms with Crippen LogP contribution in [0.1, 0.15) is 18.9 Å². The molecule has 0 saturated heterocycles. The summed E-state index contributed by atoms with van der Waals surface area (Å²) in [6.07, 6.45) is -0.0832. The van der Waals surface area contributed by atoms with Crippen molar-refractivity contribution in [2.24, 2.45) is 5.10 Å². The first-order valence-electron chi connectivity index (χ1n) is 8.20. The molecule has 2 aromatic rings. The number of hydrogen-bond acceptors (Lipinski definition) is 4. The molecule has 0 aliphatic carbocycles. The van der Waals surface area contributed by atoms with E-state index in [0.29, 0.717) is 27.1 Å². The van der Waals surface area contributed by atoms with Gasteiger partial charge in [-0.15, -0.1) is 0 Å². The molecule has 0 aromatic heterocycles. The first kappa shape index (κ1) is 21.4. The van der Waals surface area contributed by atoms with Gasteiger partial charge in [-0.25, -0.2) is 5.43 Å². The molecule has 2 aromatic carbocycles. The number of hydrazone groups is 1. The second-order valence-corrected chi connectivity index (χ2v) is 6.78. The molecule has 146 valence electrons. The maximum absolute atomic E-state index is 12.0. The van der Waals surface area contributed by atoms with Crippen LogP contribution in [0.5, 0.6) is 0 Å². The van der Waals surface area contributed by atoms with E-state index in [0.717, 1.165) is 5.56 Å². The Labute approximate surface area is 172 Å². The summed E-state index contributed by atoms with van der Waals surface area (Å²) >= 11 is 11.7. The van der Waals surface area contributed by atoms with Gasteiger partial charge in [0.25, 0.3) is 0 Å². The molecule has 0 atom stereocenters. The zero-order chi connectivity index (χ0) is 20.7. The van der Waals surface area contributed by atoms with E-state index in [9.17, 15) is 14.4 Å². The van der Waals surface area contributed by atoms with Gasteiger partial charge in [0.05, 0.1) is 16.5 Å². The molecule has 0 bridgehead atoms. The number of aryl methyl sites for hydroxylation is 1. The van der Waals surface area contributed by atoms with Crippen LogP contribution in [-0.2, 0) is 14.4 Å². The molecule has 0 radical (unpaired) electrons. The van der Waals surface area contributed by atoms with Crippen LogP contribution in [-0.4, -0.2) is 23.4 Å². The third kappa shape index (κ3) is 6.68. The van der Waals surface area contributed by atoms with Crippen LogP contribution in [0.4, 0.5) is 11.4 Å². The van der Waals surface area contributed by atoms with E-state index in [1.54, 1.807) is 31.2 Å². The van der Waals surface area contributed by atoms with Gasteiger partial charge >= 0.3 is 11.8 Å². The maximum Gasteiger partial charge on any atom is 0.329 e. The van der Waals surface area contributed by atoms with E-state index in [1.165, 1.54) is 6.07 Å². The largest absolute Gasteiger partial charge is 0.329 e. The molecule has 0 heterocycles. The zero-order valence-electron chi connectivity index (χ0n) is 15.2. The molecule has 0 unspecified atom stereocenters. The number of anilines is 2. The molecule has 3 amide bonds. The van der Waals surface area contributed by atoms with Crippen LogP contribution in [0.2, 0.25) is 10.0 Å². The van der Waals surface area contributed by atoms with Crippen LogP contribution in [0, 0.1) is 6.92 Å². The highest BCUT2D eigenvalue weighted by molar-refractivity contribution is 6.42. The first-order chi connectivity index (χ1) is 13.2. The van der Waals surface area contributed by atoms with Gasteiger partial charge in [0.2, 0.25) is 5.91 Å². The lowest BCUT2D eigenvalue weighted by Crippen LogP contribution is -2.33. The number of carbonyl (C=O) groups excluding carboxylic acids is 3. The number of halogens is 2. The molecular formula is C19H18Cl2N4O3. The average molecular weight is 421 g/mol. The van der Waals surface area contributed by atoms with Crippen molar-refractivity contribution in [3.05, 3.63) is 58.1 Å². The van der Waals surface area contributed by atoms with Crippen LogP contribution in [0.15, 0.2) is 47.6 Å². The van der Waals surface area contributed by atoms with Crippen molar-refractivity contribution in [1.29, 1.82) is 0 Å². The van der Waals surface area contributed by atoms with Crippen molar-refractivity contribution in [2.75, 3.05) is 10.6 Å². The van der Waals surface area contributed by atoms with Gasteiger partial charge < -0.3 is 10.6 Å². The van der Waals surface area contributed by atoms with Crippen molar-refractivity contribution < 1.29 is 14.4 Å². The molecule has 0 spiro atoms. The summed E-state index contributed by atoms with van der Waals surface area (Å²) in [5.74, 6) is -2.16. The standard InChI is InChI=1S/C19H18Cl2N4O3/c1-11-3-5-13(6-4-11)23-18(27)19(28)25-24-12(2)9-17(26)22-14-7-8-15(20)16(21)10-14/h3-8,10H,9H2,1-2H3,(H,22,26)(H,23,27)(H,25,28)/b24-12+. The van der Waals surface area contributed by atoms with E-state index >= 15 is 0 Å². The minimum atomic E-state index is -0.940. The van der Waals surface area contributed by atoms with Gasteiger partial charge in [0.1, 0.15) is 0 Å². The molecule has 9 heteroatoms. The predicted octanol–water partition coefficient (Wildman–Crippen LogP) is 3.76. The summed E-state index contributed by atoms with van der Waals surface area (Å²) < 4.78 is 0. The Bertz CT molecular complexity index is 927. The van der Waals surface area contributed by atoms with E-state index in [4.69, 9.17) is 23.2 Å². The number of nitrogens with one attached hydrogen (secondary N) is 3. The summed E-state index contributed by atoms with van der Waals surface area (Å²) in [5, 5.41) is 9.54. The van der Waals surface area contributed by atoms with Crippen LogP contribution >= 0.6 is 23.2 Å². The van der Waals surface area contributed by atoms with Crippen molar-refractivity contribution in [1.82, 2.24) is 5.43 Å². The molecular weight excluding hydrogens is 403 g/mol. The molecule has 0 aliphatic heterocycles. The maximum atomic E-state index is 12.0. The highest BCUT2D eigenvalue weighted by Crippen LogP contribution is 2.25. The van der Waals surface area contributed by atoms with E-state index in [-0.39, 0.29) is 12.3 Å². The summed E-state index contributed by atoms with van der Waals surface area (Å²) in [7, 11) is 0. The van der Waals surface area contributed by atoms with Crippen molar-refractivity contribution in [2.45, 2.75) is 20.3 Å². The van der Waals surface area contributed by atoms with Crippen molar-refractivity contribution in [3.8, 4) is 0 Å². The van der Waals surface area contributed by atoms with E-state index in [2.05, 4.69) is 21.2 Å². The lowest BCUT2D eigenvalue weighted by atomic mass is 10.2. The highest BCUT2D eigenvalue weighted by atomic mass is 35.5. The second kappa shape index (κ2) is 9.87. The van der Waals surface area contributed by atoms with Gasteiger partial charge in [0.15, 0.2) is 0 Å². The third-order valence-corrected chi connectivity index (χ3v) is 4.22. The monoisotopic (exact) mass is 420 g/mol. The SMILES string of the molecule is C/C(CC(=O)Nc1ccc(Cl)c(Cl)c1)=N\NC(=O)C(=O)Nc1ccc(C)cc1. The smallest absolute Gasteiger partial charge is 0.326 e. The van der Waals surface area contributed by atoms with E-state index < -0.39 is 11.8 Å². The number of carbonyl (C=O) groups is 3. The Morgan fingerprint density at radius 1 is 0.893 bits per heavy atom. The van der Waals surface area contributed by atoms with Crippen molar-refractivity contribution in [3.63, 3.8) is 0 Å². The molecule has 0 fully saturated rings. The summed E-state index contributed by atoms with van der Waals surface area (Å²) in [6.45, 7) is 3.46. The van der Waals surface area contributed by atoms with Crippen LogP contribution < -0.4 is 16.1 Å². The Morgan fingerprint density at radius 3 is 2.18 bits per heavy atom. The number of benzene rings is 2. The Balaban J connectivity index is 1.84. The lowest BCUT2D eigenvalue weighted by Gasteiger charge is -2.07. The summed E-state index contributed by atoms with van der Waals surface area (Å²) in [6, 6.07) is 11.7. The molecule has 28 heavy (non-hydrogen) atoms. The first-order valence-corrected chi connectivity index (χ1v) is 8.96. The van der Waals surface area contributed by atoms with Gasteiger partial charge in [0, 0.05) is 17.1 Å². The van der Waals surface area contributed by atoms with Crippen LogP contribution in [0.3, 0.4) is 0 Å². The van der Waals surface area contributed by atoms with Gasteiger partial charge in [-0.05, 0) is 44.2 Å². The average Bonchev–Trinajstić information content (AvgIpc) is 2.64. The molecule has 2 rings (SSSR count). The van der Waals surface area contributed by atoms with Crippen molar-refractivity contribution >= 4 is 58.0 Å². The fourth-order valence-corrected chi connectivity index (χ4v) is 2.37. The number of nitrogens with zero attached hydrogens (tertiary/aromatic N) is 1. The van der Waals surface area contributed by atoms with Crippen LogP contribution in [0.25, 0.3) is 0 Å². The zero-order valence-corrected chi connectivity index (χ0v) is 16.7. The molecule has 0 saturated carbocycles. The minimum Gasteiger partial charge on any atom is -0.326 e.